The number of rotatable bonds is 7. The molecule has 3 rings (SSSR count). The number of hydrogen-bond acceptors (Lipinski definition) is 5. The van der Waals surface area contributed by atoms with Crippen LogP contribution in [0.15, 0.2) is 41.3 Å². The molecule has 0 spiro atoms. The standard InChI is InChI=1S/C23H29NO4S/c1-5-26-19-14-17(15-20(27-6-2)22(19)28-7-3)23(25)24-13-12-16(4)29-21-11-9-8-10-18(21)24/h8-11,14-16H,5-7,12-13H2,1-4H3/t16-/m0/s1. The number of carbonyl (C=O) groups excluding carboxylic acids is 1. The molecule has 1 aliphatic heterocycles. The van der Waals surface area contributed by atoms with Crippen molar-refractivity contribution in [3.05, 3.63) is 42.0 Å². The van der Waals surface area contributed by atoms with Crippen LogP contribution in [-0.4, -0.2) is 37.5 Å². The molecule has 0 saturated carbocycles. The van der Waals surface area contributed by atoms with Gasteiger partial charge in [-0.2, -0.15) is 0 Å². The lowest BCUT2D eigenvalue weighted by Crippen LogP contribution is -2.32. The van der Waals surface area contributed by atoms with Gasteiger partial charge in [0.1, 0.15) is 0 Å². The number of fused-ring (bicyclic) bond motifs is 1. The van der Waals surface area contributed by atoms with Crippen LogP contribution < -0.4 is 19.1 Å². The summed E-state index contributed by atoms with van der Waals surface area (Å²) in [4.78, 5) is 16.6. The van der Waals surface area contributed by atoms with E-state index in [1.807, 2.05) is 55.6 Å². The van der Waals surface area contributed by atoms with Crippen LogP contribution in [-0.2, 0) is 0 Å². The molecule has 0 bridgehead atoms. The van der Waals surface area contributed by atoms with E-state index in [1.54, 1.807) is 12.1 Å². The Kier molecular flexibility index (Phi) is 7.31. The Hall–Kier alpha value is -2.34. The van der Waals surface area contributed by atoms with Gasteiger partial charge in [-0.1, -0.05) is 19.1 Å². The highest BCUT2D eigenvalue weighted by Gasteiger charge is 2.27. The smallest absolute Gasteiger partial charge is 0.258 e. The molecule has 0 saturated heterocycles. The first-order chi connectivity index (χ1) is 14.1. The summed E-state index contributed by atoms with van der Waals surface area (Å²) in [5, 5.41) is 0.451. The van der Waals surface area contributed by atoms with Gasteiger partial charge in [-0.05, 0) is 51.5 Å². The molecule has 0 unspecified atom stereocenters. The van der Waals surface area contributed by atoms with Crippen molar-refractivity contribution >= 4 is 23.4 Å². The molecule has 1 heterocycles. The summed E-state index contributed by atoms with van der Waals surface area (Å²) in [7, 11) is 0. The molecule has 156 valence electrons. The number of carbonyl (C=O) groups is 1. The second kappa shape index (κ2) is 9.92. The van der Waals surface area contributed by atoms with E-state index >= 15 is 0 Å². The maximum atomic E-state index is 13.6. The van der Waals surface area contributed by atoms with Crippen LogP contribution in [0.4, 0.5) is 5.69 Å². The number of hydrogen-bond donors (Lipinski definition) is 0. The van der Waals surface area contributed by atoms with E-state index in [1.165, 1.54) is 0 Å². The fourth-order valence-electron chi connectivity index (χ4n) is 3.37. The normalized spacial score (nSPS) is 16.0. The molecule has 0 fully saturated rings. The Balaban J connectivity index is 2.04. The third-order valence-electron chi connectivity index (χ3n) is 4.64. The third-order valence-corrected chi connectivity index (χ3v) is 5.88. The number of benzene rings is 2. The van der Waals surface area contributed by atoms with Gasteiger partial charge in [0.25, 0.3) is 5.91 Å². The zero-order chi connectivity index (χ0) is 20.8. The molecule has 5 nitrogen and oxygen atoms in total. The van der Waals surface area contributed by atoms with E-state index in [-0.39, 0.29) is 5.91 Å². The van der Waals surface area contributed by atoms with Crippen molar-refractivity contribution in [3.8, 4) is 17.2 Å². The Bertz CT molecular complexity index is 828. The number of thioether (sulfide) groups is 1. The molecule has 1 aliphatic rings. The lowest BCUT2D eigenvalue weighted by atomic mass is 10.1. The largest absolute Gasteiger partial charge is 0.490 e. The SMILES string of the molecule is CCOc1cc(C(=O)N2CC[C@H](C)Sc3ccccc32)cc(OCC)c1OCC. The highest BCUT2D eigenvalue weighted by molar-refractivity contribution is 8.00. The average molecular weight is 416 g/mol. The Morgan fingerprint density at radius 3 is 2.28 bits per heavy atom. The minimum absolute atomic E-state index is 0.0582. The minimum Gasteiger partial charge on any atom is -0.490 e. The van der Waals surface area contributed by atoms with E-state index < -0.39 is 0 Å². The van der Waals surface area contributed by atoms with Gasteiger partial charge in [0, 0.05) is 22.3 Å². The summed E-state index contributed by atoms with van der Waals surface area (Å²) in [6.45, 7) is 10.0. The van der Waals surface area contributed by atoms with E-state index in [9.17, 15) is 4.79 Å². The molecular formula is C23H29NO4S. The number of ether oxygens (including phenoxy) is 3. The molecule has 2 aromatic rings. The van der Waals surface area contributed by atoms with Crippen molar-refractivity contribution < 1.29 is 19.0 Å². The van der Waals surface area contributed by atoms with Crippen molar-refractivity contribution in [1.29, 1.82) is 0 Å². The summed E-state index contributed by atoms with van der Waals surface area (Å²) in [5.41, 5.74) is 1.49. The fraction of sp³-hybridized carbons (Fsp3) is 0.435. The minimum atomic E-state index is -0.0582. The van der Waals surface area contributed by atoms with Gasteiger partial charge in [0.2, 0.25) is 5.75 Å². The van der Waals surface area contributed by atoms with Crippen LogP contribution in [0.5, 0.6) is 17.2 Å². The zero-order valence-electron chi connectivity index (χ0n) is 17.6. The number of para-hydroxylation sites is 1. The van der Waals surface area contributed by atoms with Gasteiger partial charge in [-0.3, -0.25) is 4.79 Å². The topological polar surface area (TPSA) is 48.0 Å². The molecule has 1 atom stereocenters. The lowest BCUT2D eigenvalue weighted by molar-refractivity contribution is 0.0985. The van der Waals surface area contributed by atoms with Crippen LogP contribution >= 0.6 is 11.8 Å². The van der Waals surface area contributed by atoms with E-state index in [0.717, 1.165) is 17.0 Å². The highest BCUT2D eigenvalue weighted by atomic mass is 32.2. The van der Waals surface area contributed by atoms with Gasteiger partial charge < -0.3 is 19.1 Å². The number of nitrogens with zero attached hydrogens (tertiary/aromatic N) is 1. The molecule has 0 aliphatic carbocycles. The summed E-state index contributed by atoms with van der Waals surface area (Å²) in [5.74, 6) is 1.56. The van der Waals surface area contributed by atoms with Crippen molar-refractivity contribution in [3.63, 3.8) is 0 Å². The van der Waals surface area contributed by atoms with E-state index in [0.29, 0.717) is 54.4 Å². The van der Waals surface area contributed by atoms with E-state index in [4.69, 9.17) is 14.2 Å². The predicted octanol–water partition coefficient (Wildman–Crippen LogP) is 5.41. The van der Waals surface area contributed by atoms with Crippen LogP contribution in [0, 0.1) is 0 Å². The summed E-state index contributed by atoms with van der Waals surface area (Å²) >= 11 is 1.82. The monoisotopic (exact) mass is 415 g/mol. The number of amides is 1. The maximum Gasteiger partial charge on any atom is 0.258 e. The first-order valence-corrected chi connectivity index (χ1v) is 11.1. The average Bonchev–Trinajstić information content (AvgIpc) is 2.88. The Labute approximate surface area is 177 Å². The Morgan fingerprint density at radius 1 is 1.03 bits per heavy atom. The van der Waals surface area contributed by atoms with Gasteiger partial charge in [0.15, 0.2) is 11.5 Å². The summed E-state index contributed by atoms with van der Waals surface area (Å²) in [6, 6.07) is 11.6. The van der Waals surface area contributed by atoms with Crippen LogP contribution in [0.3, 0.4) is 0 Å². The fourth-order valence-corrected chi connectivity index (χ4v) is 4.48. The van der Waals surface area contributed by atoms with Crippen LogP contribution in [0.1, 0.15) is 44.5 Å². The molecular weight excluding hydrogens is 386 g/mol. The first-order valence-electron chi connectivity index (χ1n) is 10.2. The molecule has 2 aromatic carbocycles. The van der Waals surface area contributed by atoms with Gasteiger partial charge in [-0.25, -0.2) is 0 Å². The molecule has 1 amide bonds. The number of anilines is 1. The van der Waals surface area contributed by atoms with Crippen molar-refractivity contribution in [2.24, 2.45) is 0 Å². The van der Waals surface area contributed by atoms with Gasteiger partial charge >= 0.3 is 0 Å². The summed E-state index contributed by atoms with van der Waals surface area (Å²) in [6.07, 6.45) is 0.929. The molecule has 0 N–H and O–H groups in total. The zero-order valence-corrected chi connectivity index (χ0v) is 18.4. The molecule has 0 radical (unpaired) electrons. The van der Waals surface area contributed by atoms with Gasteiger partial charge in [0.05, 0.1) is 25.5 Å². The van der Waals surface area contributed by atoms with Crippen molar-refractivity contribution in [2.45, 2.75) is 44.3 Å². The highest BCUT2D eigenvalue weighted by Crippen LogP contribution is 2.41. The lowest BCUT2D eigenvalue weighted by Gasteiger charge is -2.24. The first kappa shape index (κ1) is 21.4. The second-order valence-corrected chi connectivity index (χ2v) is 8.22. The van der Waals surface area contributed by atoms with Crippen molar-refractivity contribution in [2.75, 3.05) is 31.3 Å². The third kappa shape index (κ3) is 4.81. The quantitative estimate of drug-likeness (QED) is 0.605. The van der Waals surface area contributed by atoms with Crippen LogP contribution in [0.2, 0.25) is 0 Å². The van der Waals surface area contributed by atoms with Crippen molar-refractivity contribution in [1.82, 2.24) is 0 Å². The predicted molar refractivity (Wildman–Crippen MR) is 118 cm³/mol. The Morgan fingerprint density at radius 2 is 1.66 bits per heavy atom. The molecule has 6 heteroatoms. The second-order valence-electron chi connectivity index (χ2n) is 6.74. The van der Waals surface area contributed by atoms with E-state index in [2.05, 4.69) is 13.0 Å². The van der Waals surface area contributed by atoms with Gasteiger partial charge in [-0.15, -0.1) is 11.8 Å². The van der Waals surface area contributed by atoms with Crippen LogP contribution in [0.25, 0.3) is 0 Å². The molecule has 29 heavy (non-hydrogen) atoms. The summed E-state index contributed by atoms with van der Waals surface area (Å²) < 4.78 is 17.3. The molecule has 0 aromatic heterocycles. The maximum absolute atomic E-state index is 13.6.